The number of nitrogens with zero attached hydrogens (tertiary/aromatic N) is 4. The molecule has 1 fully saturated rings. The predicted octanol–water partition coefficient (Wildman–Crippen LogP) is 3.01. The number of likely N-dealkylation sites (tertiary alicyclic amines) is 1. The van der Waals surface area contributed by atoms with Gasteiger partial charge in [0.1, 0.15) is 5.82 Å². The lowest BCUT2D eigenvalue weighted by molar-refractivity contribution is 0.254. The summed E-state index contributed by atoms with van der Waals surface area (Å²) in [5.41, 5.74) is 7.60. The minimum Gasteiger partial charge on any atom is -0.493 e. The van der Waals surface area contributed by atoms with E-state index in [1.54, 1.807) is 13.2 Å². The maximum atomic E-state index is 6.02. The second kappa shape index (κ2) is 8.90. The van der Waals surface area contributed by atoms with Crippen LogP contribution in [-0.2, 0) is 0 Å². The fourth-order valence-corrected chi connectivity index (χ4v) is 3.31. The van der Waals surface area contributed by atoms with E-state index < -0.39 is 0 Å². The normalized spacial score (nSPS) is 14.3. The zero-order chi connectivity index (χ0) is 19.2. The van der Waals surface area contributed by atoms with Crippen LogP contribution < -0.4 is 20.1 Å². The minimum atomic E-state index is 0.455. The SMILES string of the molecule is COc1ccc(N(C)c2nc(C)cc(N)n2)cc1OCCCN1CCCC1. The van der Waals surface area contributed by atoms with Crippen LogP contribution in [0.1, 0.15) is 25.0 Å². The molecule has 2 aromatic rings. The summed E-state index contributed by atoms with van der Waals surface area (Å²) in [7, 11) is 3.56. The molecule has 0 atom stereocenters. The van der Waals surface area contributed by atoms with Crippen LogP contribution in [0.4, 0.5) is 17.5 Å². The summed E-state index contributed by atoms with van der Waals surface area (Å²) in [6.07, 6.45) is 3.63. The number of hydrogen-bond acceptors (Lipinski definition) is 7. The first-order valence-corrected chi connectivity index (χ1v) is 9.45. The van der Waals surface area contributed by atoms with Crippen LogP contribution in [0.3, 0.4) is 0 Å². The molecule has 0 saturated carbocycles. The number of nitrogens with two attached hydrogens (primary N) is 1. The molecular weight excluding hydrogens is 342 g/mol. The van der Waals surface area contributed by atoms with Crippen molar-refractivity contribution < 1.29 is 9.47 Å². The molecule has 27 heavy (non-hydrogen) atoms. The van der Waals surface area contributed by atoms with Gasteiger partial charge in [0.25, 0.3) is 0 Å². The molecule has 0 amide bonds. The van der Waals surface area contributed by atoms with Crippen molar-refractivity contribution in [3.63, 3.8) is 0 Å². The third kappa shape index (κ3) is 5.01. The van der Waals surface area contributed by atoms with Gasteiger partial charge in [-0.05, 0) is 51.4 Å². The predicted molar refractivity (Wildman–Crippen MR) is 108 cm³/mol. The average Bonchev–Trinajstić information content (AvgIpc) is 3.17. The molecule has 146 valence electrons. The van der Waals surface area contributed by atoms with Gasteiger partial charge in [-0.1, -0.05) is 0 Å². The number of anilines is 3. The molecule has 1 aliphatic rings. The summed E-state index contributed by atoms with van der Waals surface area (Å²) in [4.78, 5) is 13.2. The van der Waals surface area contributed by atoms with Gasteiger partial charge in [-0.15, -0.1) is 0 Å². The van der Waals surface area contributed by atoms with Crippen LogP contribution in [0.5, 0.6) is 11.5 Å². The van der Waals surface area contributed by atoms with Crippen molar-refractivity contribution in [2.24, 2.45) is 0 Å². The summed E-state index contributed by atoms with van der Waals surface area (Å²) in [5.74, 6) is 2.45. The number of nitrogen functional groups attached to an aromatic ring is 1. The summed E-state index contributed by atoms with van der Waals surface area (Å²) in [6.45, 7) is 6.07. The number of aryl methyl sites for hydroxylation is 1. The van der Waals surface area contributed by atoms with Gasteiger partial charge in [-0.3, -0.25) is 0 Å². The number of rotatable bonds is 8. The van der Waals surface area contributed by atoms with Crippen LogP contribution in [0.15, 0.2) is 24.3 Å². The van der Waals surface area contributed by atoms with Gasteiger partial charge < -0.3 is 25.0 Å². The maximum absolute atomic E-state index is 6.02. The van der Waals surface area contributed by atoms with E-state index in [4.69, 9.17) is 15.2 Å². The molecule has 0 unspecified atom stereocenters. The molecule has 0 bridgehead atoms. The monoisotopic (exact) mass is 371 g/mol. The second-order valence-electron chi connectivity index (χ2n) is 6.88. The molecular formula is C20H29N5O2. The van der Waals surface area contributed by atoms with Crippen LogP contribution in [0, 0.1) is 6.92 Å². The van der Waals surface area contributed by atoms with Crippen LogP contribution in [0.2, 0.25) is 0 Å². The largest absolute Gasteiger partial charge is 0.493 e. The highest BCUT2D eigenvalue weighted by molar-refractivity contribution is 5.62. The fourth-order valence-electron chi connectivity index (χ4n) is 3.31. The molecule has 0 radical (unpaired) electrons. The molecule has 3 rings (SSSR count). The Labute approximate surface area is 161 Å². The Hall–Kier alpha value is -2.54. The number of methoxy groups -OCH3 is 1. The molecule has 7 nitrogen and oxygen atoms in total. The average molecular weight is 371 g/mol. The number of benzene rings is 1. The molecule has 7 heteroatoms. The van der Waals surface area contributed by atoms with E-state index >= 15 is 0 Å². The first-order valence-electron chi connectivity index (χ1n) is 9.45. The van der Waals surface area contributed by atoms with E-state index in [0.29, 0.717) is 18.4 Å². The Kier molecular flexibility index (Phi) is 6.34. The number of hydrogen-bond donors (Lipinski definition) is 1. The molecule has 0 aliphatic carbocycles. The highest BCUT2D eigenvalue weighted by Gasteiger charge is 2.14. The fraction of sp³-hybridized carbons (Fsp3) is 0.500. The van der Waals surface area contributed by atoms with Gasteiger partial charge in [0.05, 0.1) is 13.7 Å². The highest BCUT2D eigenvalue weighted by atomic mass is 16.5. The summed E-state index contributed by atoms with van der Waals surface area (Å²) < 4.78 is 11.5. The molecule has 1 aliphatic heterocycles. The van der Waals surface area contributed by atoms with E-state index in [0.717, 1.165) is 35.8 Å². The van der Waals surface area contributed by atoms with Crippen molar-refractivity contribution in [1.29, 1.82) is 0 Å². The van der Waals surface area contributed by atoms with Gasteiger partial charge in [-0.2, -0.15) is 4.98 Å². The summed E-state index contributed by atoms with van der Waals surface area (Å²) >= 11 is 0. The lowest BCUT2D eigenvalue weighted by Crippen LogP contribution is -2.22. The van der Waals surface area contributed by atoms with Gasteiger partial charge >= 0.3 is 0 Å². The van der Waals surface area contributed by atoms with E-state index in [9.17, 15) is 0 Å². The highest BCUT2D eigenvalue weighted by Crippen LogP contribution is 2.33. The van der Waals surface area contributed by atoms with E-state index in [2.05, 4.69) is 14.9 Å². The zero-order valence-electron chi connectivity index (χ0n) is 16.4. The van der Waals surface area contributed by atoms with E-state index in [-0.39, 0.29) is 0 Å². The summed E-state index contributed by atoms with van der Waals surface area (Å²) in [6, 6.07) is 7.56. The molecule has 2 N–H and O–H groups in total. The van der Waals surface area contributed by atoms with E-state index in [1.165, 1.54) is 25.9 Å². The Bertz CT molecular complexity index is 742. The Morgan fingerprint density at radius 2 is 1.93 bits per heavy atom. The first-order chi connectivity index (χ1) is 13.1. The van der Waals surface area contributed by atoms with Crippen molar-refractivity contribution in [3.05, 3.63) is 30.0 Å². The van der Waals surface area contributed by atoms with Gasteiger partial charge in [0.2, 0.25) is 5.95 Å². The Balaban J connectivity index is 1.68. The van der Waals surface area contributed by atoms with Gasteiger partial charge in [0, 0.05) is 37.1 Å². The second-order valence-corrected chi connectivity index (χ2v) is 6.88. The molecule has 2 heterocycles. The van der Waals surface area contributed by atoms with Crippen molar-refractivity contribution in [1.82, 2.24) is 14.9 Å². The summed E-state index contributed by atoms with van der Waals surface area (Å²) in [5, 5.41) is 0. The maximum Gasteiger partial charge on any atom is 0.231 e. The molecule has 0 spiro atoms. The van der Waals surface area contributed by atoms with Crippen molar-refractivity contribution in [2.75, 3.05) is 51.0 Å². The van der Waals surface area contributed by atoms with Gasteiger partial charge in [-0.25, -0.2) is 4.98 Å². The standard InChI is InChI=1S/C20H29N5O2/c1-15-13-19(21)23-20(22-15)24(2)16-7-8-17(26-3)18(14-16)27-12-6-11-25-9-4-5-10-25/h7-8,13-14H,4-6,9-12H2,1-3H3,(H2,21,22,23). The van der Waals surface area contributed by atoms with Crippen molar-refractivity contribution in [2.45, 2.75) is 26.2 Å². The minimum absolute atomic E-state index is 0.455. The first kappa shape index (κ1) is 19.2. The Morgan fingerprint density at radius 1 is 1.15 bits per heavy atom. The lowest BCUT2D eigenvalue weighted by Gasteiger charge is -2.20. The third-order valence-electron chi connectivity index (χ3n) is 4.77. The number of ether oxygens (including phenoxy) is 2. The molecule has 1 aromatic heterocycles. The van der Waals surface area contributed by atoms with Gasteiger partial charge in [0.15, 0.2) is 11.5 Å². The zero-order valence-corrected chi connectivity index (χ0v) is 16.4. The Morgan fingerprint density at radius 3 is 2.63 bits per heavy atom. The third-order valence-corrected chi connectivity index (χ3v) is 4.77. The quantitative estimate of drug-likeness (QED) is 0.715. The molecule has 1 aromatic carbocycles. The van der Waals surface area contributed by atoms with Crippen molar-refractivity contribution in [3.8, 4) is 11.5 Å². The lowest BCUT2D eigenvalue weighted by atomic mass is 10.2. The van der Waals surface area contributed by atoms with Crippen molar-refractivity contribution >= 4 is 17.5 Å². The van der Waals surface area contributed by atoms with E-state index in [1.807, 2.05) is 37.1 Å². The number of aromatic nitrogens is 2. The van der Waals surface area contributed by atoms with Crippen LogP contribution in [-0.4, -0.2) is 55.3 Å². The molecule has 1 saturated heterocycles. The topological polar surface area (TPSA) is 76.7 Å². The van der Waals surface area contributed by atoms with Crippen LogP contribution >= 0.6 is 0 Å². The smallest absolute Gasteiger partial charge is 0.231 e. The van der Waals surface area contributed by atoms with Crippen LogP contribution in [0.25, 0.3) is 0 Å².